The number of hydrogen-bond donors (Lipinski definition) is 3. The van der Waals surface area contributed by atoms with Crippen LogP contribution in [-0.4, -0.2) is 108 Å². The largest absolute Gasteiger partial charge is 0.387 e. The van der Waals surface area contributed by atoms with Gasteiger partial charge in [-0.05, 0) is 13.8 Å². The van der Waals surface area contributed by atoms with Crippen LogP contribution in [0, 0.1) is 0 Å². The van der Waals surface area contributed by atoms with Crippen molar-refractivity contribution < 1.29 is 23.0 Å². The molecule has 1 saturated heterocycles. The minimum Gasteiger partial charge on any atom is -0.387 e. The normalized spacial score (nSPS) is 18.4. The minimum atomic E-state index is -2.99. The van der Waals surface area contributed by atoms with Gasteiger partial charge in [0.25, 0.3) is 0 Å². The number of guanidine groups is 1. The monoisotopic (exact) mass is 522 g/mol. The maximum absolute atomic E-state index is 11.0. The van der Waals surface area contributed by atoms with Crippen LogP contribution in [0.15, 0.2) is 4.99 Å². The summed E-state index contributed by atoms with van der Waals surface area (Å²) in [7, 11) is -2.99. The van der Waals surface area contributed by atoms with Crippen LogP contribution in [0.3, 0.4) is 0 Å². The van der Waals surface area contributed by atoms with E-state index in [0.717, 1.165) is 13.1 Å². The third kappa shape index (κ3) is 14.4. The van der Waals surface area contributed by atoms with E-state index in [1.165, 1.54) is 6.26 Å². The van der Waals surface area contributed by atoms with Crippen molar-refractivity contribution in [3.05, 3.63) is 0 Å². The zero-order valence-electron chi connectivity index (χ0n) is 16.6. The van der Waals surface area contributed by atoms with Crippen LogP contribution in [0.25, 0.3) is 0 Å². The number of rotatable bonds is 11. The van der Waals surface area contributed by atoms with Gasteiger partial charge >= 0.3 is 0 Å². The van der Waals surface area contributed by atoms with Crippen LogP contribution in [0.1, 0.15) is 13.8 Å². The Balaban J connectivity index is 0.00000676. The Bertz CT molecular complexity index is 525. The lowest BCUT2D eigenvalue weighted by atomic mass is 10.1. The summed E-state index contributed by atoms with van der Waals surface area (Å²) < 4.78 is 32.7. The summed E-state index contributed by atoms with van der Waals surface area (Å²) in [6.45, 7) is 9.37. The molecule has 1 atom stereocenters. The molecule has 1 fully saturated rings. The van der Waals surface area contributed by atoms with E-state index in [2.05, 4.69) is 20.5 Å². The summed E-state index contributed by atoms with van der Waals surface area (Å²) in [5.41, 5.74) is -0.925. The van der Waals surface area contributed by atoms with E-state index in [1.807, 2.05) is 6.92 Å². The molecule has 9 nitrogen and oxygen atoms in total. The molecule has 1 heterocycles. The van der Waals surface area contributed by atoms with Gasteiger partial charge in [-0.25, -0.2) is 8.42 Å². The van der Waals surface area contributed by atoms with Crippen molar-refractivity contribution in [1.82, 2.24) is 15.5 Å². The number of nitrogens with zero attached hydrogens (tertiary/aromatic N) is 2. The second kappa shape index (κ2) is 13.9. The Morgan fingerprint density at radius 3 is 2.56 bits per heavy atom. The molecule has 3 N–H and O–H groups in total. The van der Waals surface area contributed by atoms with Gasteiger partial charge in [0, 0.05) is 39.0 Å². The van der Waals surface area contributed by atoms with Gasteiger partial charge in [-0.15, -0.1) is 24.0 Å². The first-order valence-corrected chi connectivity index (χ1v) is 11.1. The van der Waals surface area contributed by atoms with E-state index in [1.54, 1.807) is 6.92 Å². The summed E-state index contributed by atoms with van der Waals surface area (Å²) in [5.74, 6) is 0.618. The summed E-state index contributed by atoms with van der Waals surface area (Å²) in [6, 6.07) is 0. The smallest absolute Gasteiger partial charge is 0.191 e. The van der Waals surface area contributed by atoms with Gasteiger partial charge in [-0.2, -0.15) is 0 Å². The Labute approximate surface area is 180 Å². The van der Waals surface area contributed by atoms with Crippen LogP contribution in [-0.2, 0) is 19.3 Å². The standard InChI is InChI=1S/C16H34N4O5S.HI/c1-4-17-15(18-5-8-24-11-12-26(3,22)23)19-13-16(2,21)14-20-6-9-25-10-7-20;/h21H,4-14H2,1-3H3,(H2,17,18,19);1H. The molecule has 0 spiro atoms. The molecule has 0 radical (unpaired) electrons. The summed E-state index contributed by atoms with van der Waals surface area (Å²) in [4.78, 5) is 6.62. The van der Waals surface area contributed by atoms with Gasteiger partial charge in [-0.1, -0.05) is 0 Å². The third-order valence-electron chi connectivity index (χ3n) is 3.73. The molecule has 11 heteroatoms. The molecule has 0 aromatic rings. The van der Waals surface area contributed by atoms with Crippen molar-refractivity contribution in [3.8, 4) is 0 Å². The molecule has 0 aliphatic carbocycles. The van der Waals surface area contributed by atoms with E-state index < -0.39 is 15.4 Å². The highest BCUT2D eigenvalue weighted by atomic mass is 127. The molecule has 27 heavy (non-hydrogen) atoms. The molecule has 0 amide bonds. The van der Waals surface area contributed by atoms with Gasteiger partial charge in [0.05, 0.1) is 44.3 Å². The fraction of sp³-hybridized carbons (Fsp3) is 0.938. The molecule has 1 aliphatic heterocycles. The molecule has 0 aromatic carbocycles. The topological polar surface area (TPSA) is 112 Å². The fourth-order valence-electron chi connectivity index (χ4n) is 2.44. The molecule has 1 aliphatic rings. The van der Waals surface area contributed by atoms with Gasteiger partial charge < -0.3 is 25.2 Å². The Morgan fingerprint density at radius 2 is 1.96 bits per heavy atom. The molecule has 0 aromatic heterocycles. The lowest BCUT2D eigenvalue weighted by Gasteiger charge is -2.33. The van der Waals surface area contributed by atoms with E-state index in [-0.39, 0.29) is 42.9 Å². The van der Waals surface area contributed by atoms with Crippen molar-refractivity contribution in [2.24, 2.45) is 4.99 Å². The van der Waals surface area contributed by atoms with Crippen molar-refractivity contribution in [1.29, 1.82) is 0 Å². The van der Waals surface area contributed by atoms with Crippen LogP contribution < -0.4 is 10.6 Å². The van der Waals surface area contributed by atoms with E-state index >= 15 is 0 Å². The van der Waals surface area contributed by atoms with Gasteiger partial charge in [-0.3, -0.25) is 9.89 Å². The maximum Gasteiger partial charge on any atom is 0.191 e. The number of β-amino-alcohol motifs (C(OH)–C–C–N with tert-alkyl or cyclic N) is 1. The Kier molecular flexibility index (Phi) is 13.8. The molecule has 0 bridgehead atoms. The zero-order chi connectivity index (χ0) is 19.5. The second-order valence-electron chi connectivity index (χ2n) is 6.75. The highest BCUT2D eigenvalue weighted by Gasteiger charge is 2.25. The average molecular weight is 522 g/mol. The predicted octanol–water partition coefficient (Wildman–Crippen LogP) is -0.696. The van der Waals surface area contributed by atoms with E-state index in [4.69, 9.17) is 9.47 Å². The molecule has 1 unspecified atom stereocenters. The summed E-state index contributed by atoms with van der Waals surface area (Å²) in [6.07, 6.45) is 1.19. The van der Waals surface area contributed by atoms with Gasteiger partial charge in [0.15, 0.2) is 5.96 Å². The second-order valence-corrected chi connectivity index (χ2v) is 9.01. The molecule has 1 rings (SSSR count). The summed E-state index contributed by atoms with van der Waals surface area (Å²) in [5, 5.41) is 16.8. The Hall–Kier alpha value is -0.210. The van der Waals surface area contributed by atoms with E-state index in [9.17, 15) is 13.5 Å². The van der Waals surface area contributed by atoms with Crippen molar-refractivity contribution >= 4 is 39.8 Å². The number of aliphatic hydroxyl groups is 1. The maximum atomic E-state index is 11.0. The lowest BCUT2D eigenvalue weighted by molar-refractivity contribution is -0.0180. The SMILES string of the molecule is CCNC(=NCC(C)(O)CN1CCOCC1)NCCOCCS(C)(=O)=O.I. The number of nitrogens with one attached hydrogen (secondary N) is 2. The van der Waals surface area contributed by atoms with Gasteiger partial charge in [0.1, 0.15) is 9.84 Å². The van der Waals surface area contributed by atoms with Gasteiger partial charge in [0.2, 0.25) is 0 Å². The third-order valence-corrected chi connectivity index (χ3v) is 4.64. The number of halogens is 1. The highest BCUT2D eigenvalue weighted by Crippen LogP contribution is 2.09. The molecule has 0 saturated carbocycles. The van der Waals surface area contributed by atoms with Crippen LogP contribution in [0.5, 0.6) is 0 Å². The lowest BCUT2D eigenvalue weighted by Crippen LogP contribution is -2.48. The quantitative estimate of drug-likeness (QED) is 0.142. The first-order chi connectivity index (χ1) is 12.2. The predicted molar refractivity (Wildman–Crippen MR) is 118 cm³/mol. The number of ether oxygens (including phenoxy) is 2. The minimum absolute atomic E-state index is 0. The van der Waals surface area contributed by atoms with Crippen LogP contribution in [0.2, 0.25) is 0 Å². The Morgan fingerprint density at radius 1 is 1.30 bits per heavy atom. The number of aliphatic imine (C=N–C) groups is 1. The van der Waals surface area contributed by atoms with Crippen molar-refractivity contribution in [3.63, 3.8) is 0 Å². The zero-order valence-corrected chi connectivity index (χ0v) is 19.7. The van der Waals surface area contributed by atoms with Crippen molar-refractivity contribution in [2.45, 2.75) is 19.4 Å². The van der Waals surface area contributed by atoms with Crippen LogP contribution in [0.4, 0.5) is 0 Å². The molecule has 162 valence electrons. The first-order valence-electron chi connectivity index (χ1n) is 9.02. The fourth-order valence-corrected chi connectivity index (χ4v) is 2.86. The summed E-state index contributed by atoms with van der Waals surface area (Å²) >= 11 is 0. The average Bonchev–Trinajstić information content (AvgIpc) is 2.55. The number of sulfone groups is 1. The molecular weight excluding hydrogens is 487 g/mol. The number of hydrogen-bond acceptors (Lipinski definition) is 7. The van der Waals surface area contributed by atoms with Crippen molar-refractivity contribution in [2.75, 3.05) is 77.7 Å². The van der Waals surface area contributed by atoms with E-state index in [0.29, 0.717) is 45.4 Å². The number of morpholine rings is 1. The first kappa shape index (κ1) is 26.8. The highest BCUT2D eigenvalue weighted by molar-refractivity contribution is 14.0. The van der Waals surface area contributed by atoms with Crippen LogP contribution >= 0.6 is 24.0 Å². The molecular formula is C16H35IN4O5S.